The van der Waals surface area contributed by atoms with E-state index in [2.05, 4.69) is 30.4 Å². The van der Waals surface area contributed by atoms with Gasteiger partial charge in [-0.1, -0.05) is 43.9 Å². The van der Waals surface area contributed by atoms with Crippen molar-refractivity contribution in [2.75, 3.05) is 6.61 Å². The van der Waals surface area contributed by atoms with E-state index >= 15 is 0 Å². The maximum absolute atomic E-state index is 5.73. The SMILES string of the molecule is CCOc1ccccc1C(C)NC1CCCCCC1. The van der Waals surface area contributed by atoms with Crippen LogP contribution >= 0.6 is 0 Å². The van der Waals surface area contributed by atoms with Crippen molar-refractivity contribution in [1.82, 2.24) is 5.32 Å². The normalized spacial score (nSPS) is 18.8. The van der Waals surface area contributed by atoms with Crippen LogP contribution in [0, 0.1) is 0 Å². The van der Waals surface area contributed by atoms with Crippen molar-refractivity contribution >= 4 is 0 Å². The first-order valence-corrected chi connectivity index (χ1v) is 7.79. The summed E-state index contributed by atoms with van der Waals surface area (Å²) in [5, 5.41) is 3.79. The van der Waals surface area contributed by atoms with E-state index in [-0.39, 0.29) is 0 Å². The molecule has 0 amide bonds. The standard InChI is InChI=1S/C17H27NO/c1-3-19-17-13-9-8-12-16(17)14(2)18-15-10-6-4-5-7-11-15/h8-9,12-15,18H,3-7,10-11H2,1-2H3. The van der Waals surface area contributed by atoms with Crippen LogP contribution in [0.4, 0.5) is 0 Å². The Morgan fingerprint density at radius 2 is 1.84 bits per heavy atom. The molecule has 1 aliphatic rings. The predicted molar refractivity (Wildman–Crippen MR) is 80.7 cm³/mol. The molecule has 1 saturated carbocycles. The summed E-state index contributed by atoms with van der Waals surface area (Å²) in [6.45, 7) is 5.02. The van der Waals surface area contributed by atoms with Crippen LogP contribution < -0.4 is 10.1 Å². The van der Waals surface area contributed by atoms with Gasteiger partial charge >= 0.3 is 0 Å². The second-order valence-corrected chi connectivity index (χ2v) is 5.55. The van der Waals surface area contributed by atoms with Crippen LogP contribution in [0.5, 0.6) is 5.75 Å². The summed E-state index contributed by atoms with van der Waals surface area (Å²) in [5.74, 6) is 1.03. The van der Waals surface area contributed by atoms with Gasteiger partial charge < -0.3 is 10.1 Å². The van der Waals surface area contributed by atoms with Gasteiger partial charge in [0.05, 0.1) is 6.61 Å². The average Bonchev–Trinajstić information content (AvgIpc) is 2.68. The second-order valence-electron chi connectivity index (χ2n) is 5.55. The minimum Gasteiger partial charge on any atom is -0.494 e. The Bertz CT molecular complexity index is 369. The Labute approximate surface area is 117 Å². The van der Waals surface area contributed by atoms with Crippen LogP contribution in [0.15, 0.2) is 24.3 Å². The van der Waals surface area contributed by atoms with Gasteiger partial charge in [-0.25, -0.2) is 0 Å². The first kappa shape index (κ1) is 14.4. The van der Waals surface area contributed by atoms with E-state index in [9.17, 15) is 0 Å². The molecule has 0 saturated heterocycles. The highest BCUT2D eigenvalue weighted by atomic mass is 16.5. The van der Waals surface area contributed by atoms with Gasteiger partial charge in [-0.2, -0.15) is 0 Å². The zero-order valence-electron chi connectivity index (χ0n) is 12.3. The molecule has 1 fully saturated rings. The quantitative estimate of drug-likeness (QED) is 0.790. The molecule has 1 aliphatic carbocycles. The van der Waals surface area contributed by atoms with E-state index in [1.165, 1.54) is 44.1 Å². The minimum absolute atomic E-state index is 0.367. The first-order valence-electron chi connectivity index (χ1n) is 7.79. The molecule has 2 rings (SSSR count). The monoisotopic (exact) mass is 261 g/mol. The summed E-state index contributed by atoms with van der Waals surface area (Å²) in [6.07, 6.45) is 8.20. The van der Waals surface area contributed by atoms with Crippen LogP contribution in [0.3, 0.4) is 0 Å². The van der Waals surface area contributed by atoms with Gasteiger partial charge in [0.1, 0.15) is 5.75 Å². The molecule has 1 aromatic rings. The number of hydrogen-bond donors (Lipinski definition) is 1. The van der Waals surface area contributed by atoms with Gasteiger partial charge in [0, 0.05) is 17.6 Å². The number of para-hydroxylation sites is 1. The maximum Gasteiger partial charge on any atom is 0.124 e. The lowest BCUT2D eigenvalue weighted by Crippen LogP contribution is -2.31. The molecule has 19 heavy (non-hydrogen) atoms. The number of nitrogens with one attached hydrogen (secondary N) is 1. The Morgan fingerprint density at radius 3 is 2.53 bits per heavy atom. The summed E-state index contributed by atoms with van der Waals surface area (Å²) < 4.78 is 5.73. The predicted octanol–water partition coefficient (Wildman–Crippen LogP) is 4.46. The van der Waals surface area contributed by atoms with Crippen molar-refractivity contribution in [3.05, 3.63) is 29.8 Å². The molecule has 1 aromatic carbocycles. The molecule has 2 nitrogen and oxygen atoms in total. The zero-order valence-corrected chi connectivity index (χ0v) is 12.3. The van der Waals surface area contributed by atoms with E-state index in [0.717, 1.165) is 12.4 Å². The molecular weight excluding hydrogens is 234 g/mol. The van der Waals surface area contributed by atoms with Crippen molar-refractivity contribution in [1.29, 1.82) is 0 Å². The lowest BCUT2D eigenvalue weighted by Gasteiger charge is -2.24. The number of benzene rings is 1. The lowest BCUT2D eigenvalue weighted by atomic mass is 10.0. The highest BCUT2D eigenvalue weighted by molar-refractivity contribution is 5.35. The molecule has 1 unspecified atom stereocenters. The maximum atomic E-state index is 5.73. The van der Waals surface area contributed by atoms with Crippen molar-refractivity contribution in [3.8, 4) is 5.75 Å². The van der Waals surface area contributed by atoms with E-state index in [4.69, 9.17) is 4.74 Å². The van der Waals surface area contributed by atoms with Gasteiger partial charge in [-0.05, 0) is 32.8 Å². The van der Waals surface area contributed by atoms with E-state index < -0.39 is 0 Å². The fourth-order valence-corrected chi connectivity index (χ4v) is 3.01. The second kappa shape index (κ2) is 7.54. The third kappa shape index (κ3) is 4.24. The molecular formula is C17H27NO. The zero-order chi connectivity index (χ0) is 13.5. The third-order valence-electron chi connectivity index (χ3n) is 4.03. The number of rotatable bonds is 5. The molecule has 0 heterocycles. The van der Waals surface area contributed by atoms with E-state index in [0.29, 0.717) is 12.1 Å². The van der Waals surface area contributed by atoms with Crippen LogP contribution in [-0.2, 0) is 0 Å². The summed E-state index contributed by atoms with van der Waals surface area (Å²) in [5.41, 5.74) is 1.29. The fraction of sp³-hybridized carbons (Fsp3) is 0.647. The summed E-state index contributed by atoms with van der Waals surface area (Å²) in [4.78, 5) is 0. The minimum atomic E-state index is 0.367. The van der Waals surface area contributed by atoms with Crippen molar-refractivity contribution in [3.63, 3.8) is 0 Å². The Balaban J connectivity index is 2.00. The van der Waals surface area contributed by atoms with E-state index in [1.807, 2.05) is 13.0 Å². The Hall–Kier alpha value is -1.02. The molecule has 1 N–H and O–H groups in total. The van der Waals surface area contributed by atoms with Crippen molar-refractivity contribution in [2.45, 2.75) is 64.5 Å². The van der Waals surface area contributed by atoms with Crippen LogP contribution in [-0.4, -0.2) is 12.6 Å². The summed E-state index contributed by atoms with van der Waals surface area (Å²) >= 11 is 0. The number of ether oxygens (including phenoxy) is 1. The van der Waals surface area contributed by atoms with Crippen LogP contribution in [0.1, 0.15) is 64.0 Å². The van der Waals surface area contributed by atoms with Crippen molar-refractivity contribution in [2.24, 2.45) is 0 Å². The number of hydrogen-bond acceptors (Lipinski definition) is 2. The van der Waals surface area contributed by atoms with Gasteiger partial charge in [-0.3, -0.25) is 0 Å². The molecule has 0 spiro atoms. The molecule has 0 radical (unpaired) electrons. The van der Waals surface area contributed by atoms with Crippen molar-refractivity contribution < 1.29 is 4.74 Å². The van der Waals surface area contributed by atoms with Gasteiger partial charge in [0.25, 0.3) is 0 Å². The summed E-state index contributed by atoms with van der Waals surface area (Å²) in [7, 11) is 0. The first-order chi connectivity index (χ1) is 9.31. The topological polar surface area (TPSA) is 21.3 Å². The van der Waals surface area contributed by atoms with Crippen LogP contribution in [0.2, 0.25) is 0 Å². The lowest BCUT2D eigenvalue weighted by molar-refractivity contribution is 0.328. The molecule has 0 aliphatic heterocycles. The fourth-order valence-electron chi connectivity index (χ4n) is 3.01. The van der Waals surface area contributed by atoms with E-state index in [1.54, 1.807) is 0 Å². The van der Waals surface area contributed by atoms with Crippen LogP contribution in [0.25, 0.3) is 0 Å². The van der Waals surface area contributed by atoms with Gasteiger partial charge in [-0.15, -0.1) is 0 Å². The van der Waals surface area contributed by atoms with Gasteiger partial charge in [0.15, 0.2) is 0 Å². The van der Waals surface area contributed by atoms with Gasteiger partial charge in [0.2, 0.25) is 0 Å². The highest BCUT2D eigenvalue weighted by Gasteiger charge is 2.17. The molecule has 0 bridgehead atoms. The Morgan fingerprint density at radius 1 is 1.16 bits per heavy atom. The summed E-state index contributed by atoms with van der Waals surface area (Å²) in [6, 6.07) is 9.44. The largest absolute Gasteiger partial charge is 0.494 e. The molecule has 1 atom stereocenters. The molecule has 106 valence electrons. The Kier molecular flexibility index (Phi) is 5.71. The molecule has 0 aromatic heterocycles. The third-order valence-corrected chi connectivity index (χ3v) is 4.03. The average molecular weight is 261 g/mol. The highest BCUT2D eigenvalue weighted by Crippen LogP contribution is 2.27. The smallest absolute Gasteiger partial charge is 0.124 e. The molecule has 2 heteroatoms.